The summed E-state index contributed by atoms with van der Waals surface area (Å²) in [5.41, 5.74) is 11.0. The van der Waals surface area contributed by atoms with Gasteiger partial charge < -0.3 is 5.73 Å². The van der Waals surface area contributed by atoms with Gasteiger partial charge in [0, 0.05) is 0 Å². The van der Waals surface area contributed by atoms with Crippen LogP contribution in [-0.2, 0) is 0 Å². The zero-order chi connectivity index (χ0) is 14.3. The molecule has 1 aromatic carbocycles. The van der Waals surface area contributed by atoms with Gasteiger partial charge in [-0.1, -0.05) is 29.3 Å². The number of nitrogen functional groups attached to an aromatic ring is 1. The summed E-state index contributed by atoms with van der Waals surface area (Å²) in [7, 11) is 0. The van der Waals surface area contributed by atoms with Gasteiger partial charge in [0.1, 0.15) is 5.69 Å². The van der Waals surface area contributed by atoms with E-state index in [0.29, 0.717) is 5.69 Å². The number of thiophene rings is 1. The lowest BCUT2D eigenvalue weighted by atomic mass is 10.1. The quantitative estimate of drug-likeness (QED) is 0.760. The van der Waals surface area contributed by atoms with Crippen LogP contribution in [0.4, 0.5) is 5.69 Å². The summed E-state index contributed by atoms with van der Waals surface area (Å²) in [5.74, 6) is 0. The molecule has 0 saturated carbocycles. The predicted molar refractivity (Wildman–Crippen MR) is 85.8 cm³/mol. The van der Waals surface area contributed by atoms with Gasteiger partial charge in [-0.05, 0) is 37.6 Å². The number of anilines is 1. The highest BCUT2D eigenvalue weighted by Gasteiger charge is 2.12. The number of rotatable bonds is 2. The number of benzene rings is 1. The first kappa shape index (κ1) is 13.2. The van der Waals surface area contributed by atoms with E-state index >= 15 is 0 Å². The van der Waals surface area contributed by atoms with Gasteiger partial charge in [0.15, 0.2) is 0 Å². The van der Waals surface area contributed by atoms with E-state index in [2.05, 4.69) is 37.1 Å². The van der Waals surface area contributed by atoms with Crippen LogP contribution in [-0.4, -0.2) is 9.78 Å². The Morgan fingerprint density at radius 1 is 1.20 bits per heavy atom. The van der Waals surface area contributed by atoms with Gasteiger partial charge in [0.2, 0.25) is 0 Å². The smallest absolute Gasteiger partial charge is 0.126 e. The maximum atomic E-state index is 6.08. The molecule has 0 bridgehead atoms. The summed E-state index contributed by atoms with van der Waals surface area (Å²) in [6.45, 7) is 4.15. The van der Waals surface area contributed by atoms with Crippen LogP contribution >= 0.6 is 22.9 Å². The molecule has 102 valence electrons. The number of aryl methyl sites for hydroxylation is 2. The van der Waals surface area contributed by atoms with Gasteiger partial charge in [-0.15, -0.1) is 11.3 Å². The number of hydrogen-bond donors (Lipinski definition) is 1. The molecular formula is C15H14ClN3S. The molecule has 0 aliphatic rings. The Morgan fingerprint density at radius 3 is 2.65 bits per heavy atom. The molecular weight excluding hydrogens is 290 g/mol. The third kappa shape index (κ3) is 2.32. The largest absolute Gasteiger partial charge is 0.396 e. The maximum Gasteiger partial charge on any atom is 0.126 e. The first-order valence-corrected chi connectivity index (χ1v) is 7.42. The SMILES string of the molecule is Cc1ccc(-n2cc(N)c(-c3ccc(Cl)s3)n2)c(C)c1. The number of nitrogens with two attached hydrogens (primary N) is 1. The number of nitrogens with zero attached hydrogens (tertiary/aromatic N) is 2. The van der Waals surface area contributed by atoms with Crippen LogP contribution in [0.3, 0.4) is 0 Å². The Morgan fingerprint density at radius 2 is 2.00 bits per heavy atom. The van der Waals surface area contributed by atoms with E-state index in [1.165, 1.54) is 22.5 Å². The molecule has 0 atom stereocenters. The lowest BCUT2D eigenvalue weighted by molar-refractivity contribution is 0.876. The molecule has 0 fully saturated rings. The number of halogens is 1. The van der Waals surface area contributed by atoms with Crippen LogP contribution in [0.15, 0.2) is 36.5 Å². The second-order valence-corrected chi connectivity index (χ2v) is 6.49. The second-order valence-electron chi connectivity index (χ2n) is 4.77. The van der Waals surface area contributed by atoms with Crippen molar-refractivity contribution in [3.05, 3.63) is 52.0 Å². The molecule has 0 amide bonds. The molecule has 0 aliphatic carbocycles. The standard InChI is InChI=1S/C15H14ClN3S/c1-9-3-4-12(10(2)7-9)19-8-11(17)15(18-19)13-5-6-14(16)20-13/h3-8H,17H2,1-2H3. The number of aromatic nitrogens is 2. The topological polar surface area (TPSA) is 43.8 Å². The molecule has 0 unspecified atom stereocenters. The molecule has 2 N–H and O–H groups in total. The minimum atomic E-state index is 0.656. The van der Waals surface area contributed by atoms with Gasteiger partial charge >= 0.3 is 0 Å². The fourth-order valence-electron chi connectivity index (χ4n) is 2.21. The normalized spacial score (nSPS) is 10.9. The summed E-state index contributed by atoms with van der Waals surface area (Å²) in [4.78, 5) is 0.982. The van der Waals surface area contributed by atoms with Gasteiger partial charge in [0.25, 0.3) is 0 Å². The van der Waals surface area contributed by atoms with Gasteiger partial charge in [-0.2, -0.15) is 5.10 Å². The van der Waals surface area contributed by atoms with E-state index in [1.54, 1.807) is 0 Å². The van der Waals surface area contributed by atoms with Gasteiger partial charge in [-0.3, -0.25) is 0 Å². The summed E-state index contributed by atoms with van der Waals surface area (Å²) >= 11 is 7.45. The zero-order valence-corrected chi connectivity index (χ0v) is 12.8. The molecule has 0 spiro atoms. The van der Waals surface area contributed by atoms with Crippen LogP contribution in [0, 0.1) is 13.8 Å². The van der Waals surface area contributed by atoms with Crippen LogP contribution in [0.1, 0.15) is 11.1 Å². The van der Waals surface area contributed by atoms with Crippen LogP contribution in [0.25, 0.3) is 16.3 Å². The first-order chi connectivity index (χ1) is 9.54. The fourth-order valence-corrected chi connectivity index (χ4v) is 3.26. The Balaban J connectivity index is 2.08. The second kappa shape index (κ2) is 4.96. The average molecular weight is 304 g/mol. The Bertz CT molecular complexity index is 773. The van der Waals surface area contributed by atoms with Crippen molar-refractivity contribution in [3.63, 3.8) is 0 Å². The molecule has 20 heavy (non-hydrogen) atoms. The van der Waals surface area contributed by atoms with Crippen LogP contribution in [0.2, 0.25) is 4.34 Å². The average Bonchev–Trinajstić information content (AvgIpc) is 2.95. The highest BCUT2D eigenvalue weighted by atomic mass is 35.5. The Hall–Kier alpha value is -1.78. The summed E-state index contributed by atoms with van der Waals surface area (Å²) in [6.07, 6.45) is 1.85. The highest BCUT2D eigenvalue weighted by molar-refractivity contribution is 7.19. The third-order valence-corrected chi connectivity index (χ3v) is 4.39. The highest BCUT2D eigenvalue weighted by Crippen LogP contribution is 2.34. The van der Waals surface area contributed by atoms with E-state index in [-0.39, 0.29) is 0 Å². The van der Waals surface area contributed by atoms with Crippen molar-refractivity contribution in [1.82, 2.24) is 9.78 Å². The third-order valence-electron chi connectivity index (χ3n) is 3.15. The molecule has 3 aromatic rings. The van der Waals surface area contributed by atoms with Crippen molar-refractivity contribution < 1.29 is 0 Å². The summed E-state index contributed by atoms with van der Waals surface area (Å²) < 4.78 is 2.56. The van der Waals surface area contributed by atoms with Crippen molar-refractivity contribution in [2.75, 3.05) is 5.73 Å². The van der Waals surface area contributed by atoms with E-state index in [9.17, 15) is 0 Å². The zero-order valence-electron chi connectivity index (χ0n) is 11.2. The van der Waals surface area contributed by atoms with Gasteiger partial charge in [0.05, 0.1) is 26.8 Å². The van der Waals surface area contributed by atoms with Gasteiger partial charge in [-0.25, -0.2) is 4.68 Å². The van der Waals surface area contributed by atoms with E-state index in [1.807, 2.05) is 23.0 Å². The van der Waals surface area contributed by atoms with Crippen molar-refractivity contribution in [1.29, 1.82) is 0 Å². The summed E-state index contributed by atoms with van der Waals surface area (Å²) in [6, 6.07) is 10.1. The van der Waals surface area contributed by atoms with Crippen LogP contribution < -0.4 is 5.73 Å². The Kier molecular flexibility index (Phi) is 3.28. The number of hydrogen-bond acceptors (Lipinski definition) is 3. The molecule has 2 aromatic heterocycles. The van der Waals surface area contributed by atoms with Crippen LogP contribution in [0.5, 0.6) is 0 Å². The van der Waals surface area contributed by atoms with E-state index in [4.69, 9.17) is 17.3 Å². The molecule has 5 heteroatoms. The lowest BCUT2D eigenvalue weighted by Gasteiger charge is -2.06. The van der Waals surface area contributed by atoms with Crippen molar-refractivity contribution in [2.45, 2.75) is 13.8 Å². The van der Waals surface area contributed by atoms with Crippen molar-refractivity contribution >= 4 is 28.6 Å². The minimum Gasteiger partial charge on any atom is -0.396 e. The van der Waals surface area contributed by atoms with E-state index in [0.717, 1.165) is 20.6 Å². The summed E-state index contributed by atoms with van der Waals surface area (Å²) in [5, 5.41) is 4.60. The van der Waals surface area contributed by atoms with E-state index < -0.39 is 0 Å². The molecule has 3 nitrogen and oxygen atoms in total. The molecule has 2 heterocycles. The first-order valence-electron chi connectivity index (χ1n) is 6.23. The molecule has 0 saturated heterocycles. The molecule has 0 radical (unpaired) electrons. The lowest BCUT2D eigenvalue weighted by Crippen LogP contribution is -1.98. The molecule has 0 aliphatic heterocycles. The minimum absolute atomic E-state index is 0.656. The Labute approximate surface area is 126 Å². The molecule has 3 rings (SSSR count). The fraction of sp³-hybridized carbons (Fsp3) is 0.133. The monoisotopic (exact) mass is 303 g/mol. The van der Waals surface area contributed by atoms with Crippen molar-refractivity contribution in [2.24, 2.45) is 0 Å². The predicted octanol–water partition coefficient (Wildman–Crippen LogP) is 4.45. The van der Waals surface area contributed by atoms with Crippen molar-refractivity contribution in [3.8, 4) is 16.3 Å². The maximum absolute atomic E-state index is 6.08.